The van der Waals surface area contributed by atoms with Crippen LogP contribution in [0.3, 0.4) is 0 Å². The van der Waals surface area contributed by atoms with Crippen LogP contribution in [-0.2, 0) is 9.59 Å². The Morgan fingerprint density at radius 1 is 1.00 bits per heavy atom. The summed E-state index contributed by atoms with van der Waals surface area (Å²) in [5.41, 5.74) is 4.68. The van der Waals surface area contributed by atoms with Crippen molar-refractivity contribution in [2.45, 2.75) is 31.6 Å². The van der Waals surface area contributed by atoms with E-state index in [0.29, 0.717) is 41.1 Å². The lowest BCUT2D eigenvalue weighted by atomic mass is 9.71. The first-order chi connectivity index (χ1) is 17.5. The highest BCUT2D eigenvalue weighted by Gasteiger charge is 2.41. The third kappa shape index (κ3) is 4.42. The molecule has 3 aromatic carbocycles. The molecule has 1 amide bonds. The number of anilines is 1. The van der Waals surface area contributed by atoms with Crippen LogP contribution in [-0.4, -0.2) is 18.8 Å². The lowest BCUT2D eigenvalue weighted by Gasteiger charge is -2.37. The maximum absolute atomic E-state index is 13.8. The number of hydrogen-bond acceptors (Lipinski definition) is 4. The Hall–Kier alpha value is -4.19. The fraction of sp³-hybridized carbons (Fsp3) is 0.200. The van der Waals surface area contributed by atoms with Crippen molar-refractivity contribution in [3.63, 3.8) is 0 Å². The van der Waals surface area contributed by atoms with Crippen LogP contribution in [0.15, 0.2) is 101 Å². The topological polar surface area (TPSA) is 67.4 Å². The van der Waals surface area contributed by atoms with E-state index in [1.165, 1.54) is 18.2 Å². The molecule has 6 heteroatoms. The monoisotopic (exact) mass is 482 g/mol. The van der Waals surface area contributed by atoms with Crippen molar-refractivity contribution in [3.8, 4) is 5.75 Å². The number of Topliss-reactive ketones (excluding diaryl/α,β-unsaturated/α-hetero) is 1. The number of ether oxygens (including phenoxy) is 1. The smallest absolute Gasteiger partial charge is 0.254 e. The van der Waals surface area contributed by atoms with E-state index in [2.05, 4.69) is 10.6 Å². The number of rotatable bonds is 5. The summed E-state index contributed by atoms with van der Waals surface area (Å²) >= 11 is 0. The Morgan fingerprint density at radius 3 is 2.50 bits per heavy atom. The van der Waals surface area contributed by atoms with E-state index < -0.39 is 17.6 Å². The fourth-order valence-electron chi connectivity index (χ4n) is 5.28. The van der Waals surface area contributed by atoms with E-state index in [1.54, 1.807) is 13.2 Å². The molecule has 1 aliphatic carbocycles. The number of nitrogens with one attached hydrogen (secondary N) is 2. The number of amides is 1. The molecule has 1 aliphatic heterocycles. The minimum Gasteiger partial charge on any atom is -0.496 e. The Bertz CT molecular complexity index is 1390. The lowest BCUT2D eigenvalue weighted by molar-refractivity contribution is -0.116. The molecule has 2 atom stereocenters. The molecule has 2 N–H and O–H groups in total. The molecule has 5 rings (SSSR count). The van der Waals surface area contributed by atoms with Gasteiger partial charge in [-0.1, -0.05) is 54.6 Å². The van der Waals surface area contributed by atoms with E-state index in [0.717, 1.165) is 16.8 Å². The Morgan fingerprint density at radius 2 is 1.75 bits per heavy atom. The quantitative estimate of drug-likeness (QED) is 0.480. The highest BCUT2D eigenvalue weighted by molar-refractivity contribution is 6.10. The number of carbonyl (C=O) groups excluding carboxylic acids is 2. The number of halogens is 1. The van der Waals surface area contributed by atoms with E-state index in [9.17, 15) is 14.0 Å². The molecule has 182 valence electrons. The zero-order valence-electron chi connectivity index (χ0n) is 20.2. The first kappa shape index (κ1) is 23.5. The van der Waals surface area contributed by atoms with Gasteiger partial charge in [-0.25, -0.2) is 4.39 Å². The highest BCUT2D eigenvalue weighted by Crippen LogP contribution is 2.47. The third-order valence-electron chi connectivity index (χ3n) is 6.88. The molecular formula is C30H27FN2O3. The molecule has 0 saturated heterocycles. The van der Waals surface area contributed by atoms with E-state index >= 15 is 0 Å². The van der Waals surface area contributed by atoms with E-state index in [-0.39, 0.29) is 11.7 Å². The predicted molar refractivity (Wildman–Crippen MR) is 137 cm³/mol. The molecule has 2 aliphatic rings. The summed E-state index contributed by atoms with van der Waals surface area (Å²) in [6.07, 6.45) is 1.01. The molecule has 5 nitrogen and oxygen atoms in total. The maximum Gasteiger partial charge on any atom is 0.254 e. The zero-order valence-corrected chi connectivity index (χ0v) is 20.2. The Balaban J connectivity index is 1.59. The van der Waals surface area contributed by atoms with Crippen LogP contribution in [0.25, 0.3) is 0 Å². The fourth-order valence-corrected chi connectivity index (χ4v) is 5.28. The van der Waals surface area contributed by atoms with Gasteiger partial charge in [0, 0.05) is 40.2 Å². The highest BCUT2D eigenvalue weighted by atomic mass is 19.1. The third-order valence-corrected chi connectivity index (χ3v) is 6.88. The van der Waals surface area contributed by atoms with Crippen LogP contribution in [0.1, 0.15) is 42.7 Å². The van der Waals surface area contributed by atoms with E-state index in [1.807, 2.05) is 61.5 Å². The van der Waals surface area contributed by atoms with Crippen molar-refractivity contribution in [1.82, 2.24) is 5.32 Å². The summed E-state index contributed by atoms with van der Waals surface area (Å²) < 4.78 is 19.4. The van der Waals surface area contributed by atoms with Crippen LogP contribution >= 0.6 is 0 Å². The van der Waals surface area contributed by atoms with Crippen molar-refractivity contribution in [2.24, 2.45) is 0 Å². The number of ketones is 1. The van der Waals surface area contributed by atoms with Crippen LogP contribution in [0, 0.1) is 5.82 Å². The summed E-state index contributed by atoms with van der Waals surface area (Å²) in [6.45, 7) is 1.84. The average Bonchev–Trinajstić information content (AvgIpc) is 2.88. The Labute approximate surface area is 209 Å². The molecule has 0 fully saturated rings. The van der Waals surface area contributed by atoms with Crippen LogP contribution in [0.5, 0.6) is 5.75 Å². The number of methoxy groups -OCH3 is 1. The van der Waals surface area contributed by atoms with Gasteiger partial charge in [0.15, 0.2) is 5.78 Å². The molecule has 0 radical (unpaired) electrons. The average molecular weight is 483 g/mol. The van der Waals surface area contributed by atoms with E-state index in [4.69, 9.17) is 4.74 Å². The normalized spacial score (nSPS) is 19.5. The van der Waals surface area contributed by atoms with Gasteiger partial charge in [-0.2, -0.15) is 0 Å². The second-order valence-electron chi connectivity index (χ2n) is 9.13. The van der Waals surface area contributed by atoms with Gasteiger partial charge in [0.05, 0.1) is 13.0 Å². The van der Waals surface area contributed by atoms with Crippen molar-refractivity contribution >= 4 is 17.4 Å². The van der Waals surface area contributed by atoms with Gasteiger partial charge >= 0.3 is 0 Å². The van der Waals surface area contributed by atoms with Crippen LogP contribution in [0.2, 0.25) is 0 Å². The maximum atomic E-state index is 13.8. The van der Waals surface area contributed by atoms with Crippen molar-refractivity contribution < 1.29 is 18.7 Å². The van der Waals surface area contributed by atoms with Crippen LogP contribution in [0.4, 0.5) is 10.1 Å². The molecule has 1 heterocycles. The largest absolute Gasteiger partial charge is 0.496 e. The number of para-hydroxylation sites is 1. The first-order valence-electron chi connectivity index (χ1n) is 11.9. The van der Waals surface area contributed by atoms with Crippen molar-refractivity contribution in [3.05, 3.63) is 118 Å². The van der Waals surface area contributed by atoms with Gasteiger partial charge in [-0.3, -0.25) is 9.59 Å². The van der Waals surface area contributed by atoms with Crippen molar-refractivity contribution in [1.29, 1.82) is 0 Å². The summed E-state index contributed by atoms with van der Waals surface area (Å²) in [7, 11) is 1.58. The van der Waals surface area contributed by atoms with Crippen molar-refractivity contribution in [2.75, 3.05) is 12.4 Å². The summed E-state index contributed by atoms with van der Waals surface area (Å²) in [5.74, 6) is -0.809. The number of allylic oxidation sites excluding steroid dienone is 3. The first-order valence-corrected chi connectivity index (χ1v) is 11.9. The number of hydrogen-bond donors (Lipinski definition) is 2. The van der Waals surface area contributed by atoms with Gasteiger partial charge < -0.3 is 15.4 Å². The minimum absolute atomic E-state index is 0.00272. The number of dihydropyridines is 1. The number of benzene rings is 3. The molecule has 0 saturated carbocycles. The molecule has 0 aromatic heterocycles. The standard InChI is InChI=1S/C30H27FN2O3/c1-18-27(30(35)33-22-12-8-11-21(31)17-22)28(23-13-6-7-14-26(23)36-2)29-24(32-18)15-20(16-25(29)34)19-9-4-3-5-10-19/h3-14,17,20,28,32H,15-16H2,1-2H3,(H,33,35). The predicted octanol–water partition coefficient (Wildman–Crippen LogP) is 5.83. The molecule has 3 aromatic rings. The molecule has 36 heavy (non-hydrogen) atoms. The molecule has 0 bridgehead atoms. The minimum atomic E-state index is -0.616. The molecule has 0 spiro atoms. The lowest BCUT2D eigenvalue weighted by Crippen LogP contribution is -2.37. The SMILES string of the molecule is COc1ccccc1C1C(C(=O)Nc2cccc(F)c2)=C(C)NC2=C1C(=O)CC(c1ccccc1)C2. The summed E-state index contributed by atoms with van der Waals surface area (Å²) in [4.78, 5) is 27.4. The van der Waals surface area contributed by atoms with Gasteiger partial charge in [-0.05, 0) is 49.1 Å². The summed E-state index contributed by atoms with van der Waals surface area (Å²) in [6, 6.07) is 23.2. The van der Waals surface area contributed by atoms with Gasteiger partial charge in [0.2, 0.25) is 0 Å². The van der Waals surface area contributed by atoms with Gasteiger partial charge in [0.25, 0.3) is 5.91 Å². The second-order valence-corrected chi connectivity index (χ2v) is 9.13. The zero-order chi connectivity index (χ0) is 25.2. The van der Waals surface area contributed by atoms with Gasteiger partial charge in [0.1, 0.15) is 11.6 Å². The molecular weight excluding hydrogens is 455 g/mol. The van der Waals surface area contributed by atoms with Gasteiger partial charge in [-0.15, -0.1) is 0 Å². The Kier molecular flexibility index (Phi) is 6.42. The second kappa shape index (κ2) is 9.82. The van der Waals surface area contributed by atoms with Crippen LogP contribution < -0.4 is 15.4 Å². The number of carbonyl (C=O) groups is 2. The summed E-state index contributed by atoms with van der Waals surface area (Å²) in [5, 5.41) is 6.19. The molecule has 2 unspecified atom stereocenters.